The molecule has 0 aromatic heterocycles. The third kappa shape index (κ3) is 0. The van der Waals surface area contributed by atoms with Crippen molar-refractivity contribution >= 4 is 0 Å². The number of hydrogen-bond donors (Lipinski definition) is 0. The maximum atomic E-state index is 5.00. The highest BCUT2D eigenvalue weighted by molar-refractivity contribution is 2.51. The molecule has 68 valence electrons. The van der Waals surface area contributed by atoms with E-state index in [-0.39, 0.29) is 59.4 Å². The molecule has 0 aliphatic heterocycles. The molecule has 0 radical (unpaired) electrons. The Labute approximate surface area is 66.5 Å². The SMILES string of the molecule is C.C.C.C.C.C.C.C.[3H][3H].[3H][3H]. The van der Waals surface area contributed by atoms with E-state index in [1.165, 1.54) is 0 Å². The van der Waals surface area contributed by atoms with Crippen molar-refractivity contribution in [3.63, 3.8) is 0 Å². The van der Waals surface area contributed by atoms with Gasteiger partial charge in [0.25, 0.3) is 0 Å². The zero-order valence-corrected chi connectivity index (χ0v) is 0. The second-order valence-electron chi connectivity index (χ2n) is 0. The minimum absolute atomic E-state index is 0. The third-order valence-electron chi connectivity index (χ3n) is 0. The summed E-state index contributed by atoms with van der Waals surface area (Å²) in [5, 5.41) is 0. The van der Waals surface area contributed by atoms with Gasteiger partial charge in [-0.3, -0.25) is 0 Å². The Morgan fingerprint density at radius 3 is 0.375 bits per heavy atom. The van der Waals surface area contributed by atoms with Crippen LogP contribution in [-0.4, -0.2) is 0 Å². The lowest BCUT2D eigenvalue weighted by atomic mass is 12.0. The quantitative estimate of drug-likeness (QED) is 0.412. The fourth-order valence-electron chi connectivity index (χ4n) is 0. The van der Waals surface area contributed by atoms with Crippen molar-refractivity contribution < 1.29 is 5.94 Å². The smallest absolute Gasteiger partial charge is 0 e. The topological polar surface area (TPSA) is 0 Å². The molecule has 0 saturated heterocycles. The lowest BCUT2D eigenvalue weighted by Crippen LogP contribution is 0.143. The molecular formula is C8H36. The van der Waals surface area contributed by atoms with Crippen LogP contribution in [0.25, 0.3) is 0 Å². The van der Waals surface area contributed by atoms with E-state index in [1.807, 2.05) is 0 Å². The molecule has 0 rings (SSSR count). The van der Waals surface area contributed by atoms with Gasteiger partial charge in [-0.15, -0.1) is 0 Å². The predicted octanol–water partition coefficient (Wildman–Crippen LogP) is 5.58. The van der Waals surface area contributed by atoms with Crippen molar-refractivity contribution in [1.82, 2.24) is 0 Å². The Kier molecular flexibility index (Phi) is 0. The molecule has 8 heavy (non-hydrogen) atoms. The summed E-state index contributed by atoms with van der Waals surface area (Å²) in [6.45, 7) is 0. The normalized spacial score (nSPS) is 2.00. The van der Waals surface area contributed by atoms with Crippen molar-refractivity contribution in [2.45, 2.75) is 59.4 Å². The summed E-state index contributed by atoms with van der Waals surface area (Å²) < 4.78 is 20.0. The van der Waals surface area contributed by atoms with Crippen LogP contribution in [0.4, 0.5) is 0 Å². The van der Waals surface area contributed by atoms with E-state index >= 15 is 0 Å². The molecule has 0 fully saturated rings. The molecule has 0 aliphatic rings. The molecule has 0 aliphatic carbocycles. The van der Waals surface area contributed by atoms with Gasteiger partial charge in [-0.2, -0.15) is 0 Å². The predicted molar refractivity (Wildman–Crippen MR) is 58.1 cm³/mol. The summed E-state index contributed by atoms with van der Waals surface area (Å²) in [6.07, 6.45) is 0. The van der Waals surface area contributed by atoms with E-state index in [0.29, 0.717) is 0 Å². The molecule has 0 N–H and O–H groups in total. The summed E-state index contributed by atoms with van der Waals surface area (Å²) >= 11 is 0. The first-order valence-corrected chi connectivity index (χ1v) is 0. The van der Waals surface area contributed by atoms with Crippen LogP contribution in [0.3, 0.4) is 0 Å². The monoisotopic (exact) mass is 140 g/mol. The van der Waals surface area contributed by atoms with E-state index in [4.69, 9.17) is 5.94 Å². The van der Waals surface area contributed by atoms with Crippen LogP contribution in [0.5, 0.6) is 0 Å². The highest BCUT2D eigenvalue weighted by Gasteiger charge is -0.0706. The van der Waals surface area contributed by atoms with Crippen LogP contribution in [0.2, 0.25) is 0 Å². The van der Waals surface area contributed by atoms with Crippen LogP contribution in [-0.2, 0) is 0 Å². The Morgan fingerprint density at radius 2 is 0.375 bits per heavy atom. The summed E-state index contributed by atoms with van der Waals surface area (Å²) in [7, 11) is 0. The maximum Gasteiger partial charge on any atom is 0 e. The molecule has 0 aromatic carbocycles. The molecule has 0 aromatic rings. The summed E-state index contributed by atoms with van der Waals surface area (Å²) in [6, 6.07) is 0. The fraction of sp³-hybridized carbons (Fsp3) is 1.00. The third-order valence-corrected chi connectivity index (χ3v) is 0. The molecular weight excluding hydrogens is 96.1 g/mol. The zero-order chi connectivity index (χ0) is 4.00. The van der Waals surface area contributed by atoms with Crippen molar-refractivity contribution in [2.24, 2.45) is 0 Å². The van der Waals surface area contributed by atoms with Crippen LogP contribution < -0.4 is 0 Å². The van der Waals surface area contributed by atoms with Crippen molar-refractivity contribution in [2.75, 3.05) is 0 Å². The van der Waals surface area contributed by atoms with Gasteiger partial charge in [0.2, 0.25) is 0 Å². The van der Waals surface area contributed by atoms with E-state index in [2.05, 4.69) is 0 Å². The van der Waals surface area contributed by atoms with E-state index in [9.17, 15) is 0 Å². The van der Waals surface area contributed by atoms with Crippen LogP contribution in [0, 0.1) is 0 Å². The molecule has 0 bridgehead atoms. The van der Waals surface area contributed by atoms with Crippen molar-refractivity contribution in [3.8, 4) is 0 Å². The molecule has 0 nitrogen and oxygen atoms in total. The Bertz CT molecular complexity index is 11.0. The zero-order valence-electron chi connectivity index (χ0n) is 4.00. The largest absolute Gasteiger partial charge is 0.0776 e. The van der Waals surface area contributed by atoms with Gasteiger partial charge in [-0.25, -0.2) is 0 Å². The molecule has 0 saturated carbocycles. The van der Waals surface area contributed by atoms with Crippen molar-refractivity contribution in [1.29, 1.82) is 0 Å². The molecule has 0 heteroatoms. The van der Waals surface area contributed by atoms with Gasteiger partial charge >= 0.3 is 0 Å². The molecule has 0 unspecified atom stereocenters. The Hall–Kier alpha value is 0. The van der Waals surface area contributed by atoms with Gasteiger partial charge < -0.3 is 0 Å². The van der Waals surface area contributed by atoms with Crippen LogP contribution >= 0.6 is 0 Å². The van der Waals surface area contributed by atoms with Gasteiger partial charge in [-0.1, -0.05) is 59.4 Å². The standard InChI is InChI=1S/8CH4.2H2/h8*1H4;2*1H/i;;;;;;;;2*1+2T. The molecule has 0 spiro atoms. The Balaban J connectivity index is -0.000000000500. The van der Waals surface area contributed by atoms with E-state index in [1.54, 1.807) is 0 Å². The Morgan fingerprint density at radius 1 is 0.375 bits per heavy atom. The second-order valence-corrected chi connectivity index (χ2v) is 0. The summed E-state index contributed by atoms with van der Waals surface area (Å²) in [5.74, 6) is 0. The average Bonchev–Trinajstić information content (AvgIpc) is 1.50. The lowest BCUT2D eigenvalue weighted by molar-refractivity contribution is 2.50. The van der Waals surface area contributed by atoms with Gasteiger partial charge in [0.1, 0.15) is 0 Å². The number of hydrogen-bond acceptors (Lipinski definition) is 0. The van der Waals surface area contributed by atoms with E-state index in [0.717, 1.165) is 0 Å². The van der Waals surface area contributed by atoms with Gasteiger partial charge in [0.15, 0.2) is 0 Å². The first kappa shape index (κ1) is 98.0. The fourth-order valence-corrected chi connectivity index (χ4v) is 0. The summed E-state index contributed by atoms with van der Waals surface area (Å²) in [4.78, 5) is 0. The highest BCUT2D eigenvalue weighted by atomic mass is 12.0. The highest BCUT2D eigenvalue weighted by Crippen LogP contribution is 0.151. The van der Waals surface area contributed by atoms with Gasteiger partial charge in [-0.05, 0) is 0 Å². The van der Waals surface area contributed by atoms with Crippen LogP contribution in [0.1, 0.15) is 65.4 Å². The minimum Gasteiger partial charge on any atom is -0.0776 e. The molecule has 0 atom stereocenters. The molecule has 0 heterocycles. The van der Waals surface area contributed by atoms with Crippen molar-refractivity contribution in [3.05, 3.63) is 0 Å². The average molecular weight is 140 g/mol. The van der Waals surface area contributed by atoms with Gasteiger partial charge in [0.05, 0.1) is 0 Å². The van der Waals surface area contributed by atoms with Gasteiger partial charge in [0, 0.05) is 5.94 Å². The number of rotatable bonds is 0. The van der Waals surface area contributed by atoms with E-state index < -0.39 is 0 Å². The minimum atomic E-state index is 0. The first-order chi connectivity index (χ1) is 2.00. The first-order valence-electron chi connectivity index (χ1n) is 2.00. The second kappa shape index (κ2) is 0. The lowest BCUT2D eigenvalue weighted by Gasteiger charge is -0.0786. The van der Waals surface area contributed by atoms with Crippen LogP contribution in [0.15, 0.2) is 0 Å². The summed E-state index contributed by atoms with van der Waals surface area (Å²) in [5.41, 5.74) is 0. The maximum absolute atomic E-state index is 5.00. The molecule has 0 amide bonds.